The van der Waals surface area contributed by atoms with E-state index in [-0.39, 0.29) is 0 Å². The lowest BCUT2D eigenvalue weighted by molar-refractivity contribution is 0.436. The summed E-state index contributed by atoms with van der Waals surface area (Å²) in [5.74, 6) is 3.46. The van der Waals surface area contributed by atoms with E-state index in [1.807, 2.05) is 72.8 Å². The number of rotatable bonds is 4. The predicted octanol–water partition coefficient (Wildman–Crippen LogP) is 12.9. The van der Waals surface area contributed by atoms with Crippen molar-refractivity contribution in [3.8, 4) is 67.9 Å². The molecule has 8 aromatic carbocycles. The molecule has 57 heavy (non-hydrogen) atoms. The van der Waals surface area contributed by atoms with E-state index < -0.39 is 5.41 Å². The number of ether oxygens (including phenoxy) is 1. The first-order valence-corrected chi connectivity index (χ1v) is 19.2. The van der Waals surface area contributed by atoms with Crippen molar-refractivity contribution in [2.24, 2.45) is 0 Å². The molecule has 0 fully saturated rings. The van der Waals surface area contributed by atoms with Crippen molar-refractivity contribution in [2.45, 2.75) is 5.41 Å². The average molecular weight is 730 g/mol. The summed E-state index contributed by atoms with van der Waals surface area (Å²) in [4.78, 5) is 15.0. The van der Waals surface area contributed by atoms with E-state index in [0.29, 0.717) is 17.5 Å². The lowest BCUT2D eigenvalue weighted by Gasteiger charge is -2.39. The van der Waals surface area contributed by atoms with Gasteiger partial charge in [-0.3, -0.25) is 0 Å². The van der Waals surface area contributed by atoms with E-state index in [1.54, 1.807) is 0 Å². The molecule has 0 N–H and O–H groups in total. The highest BCUT2D eigenvalue weighted by Gasteiger charge is 2.50. The minimum atomic E-state index is -0.516. The molecule has 5 nitrogen and oxygen atoms in total. The van der Waals surface area contributed by atoms with E-state index in [2.05, 4.69) is 115 Å². The number of aromatic nitrogens is 3. The summed E-state index contributed by atoms with van der Waals surface area (Å²) in [7, 11) is 0. The maximum atomic E-state index is 6.96. The third-order valence-electron chi connectivity index (χ3n) is 11.6. The lowest BCUT2D eigenvalue weighted by atomic mass is 9.66. The molecule has 2 aromatic heterocycles. The number of nitrogens with zero attached hydrogens (tertiary/aromatic N) is 3. The largest absolute Gasteiger partial charge is 0.457 e. The number of hydrogen-bond acceptors (Lipinski definition) is 5. The lowest BCUT2D eigenvalue weighted by Crippen LogP contribution is -2.32. The fourth-order valence-corrected chi connectivity index (χ4v) is 9.18. The Morgan fingerprint density at radius 3 is 1.47 bits per heavy atom. The maximum Gasteiger partial charge on any atom is 0.167 e. The van der Waals surface area contributed by atoms with Crippen molar-refractivity contribution in [2.75, 3.05) is 0 Å². The molecule has 12 rings (SSSR count). The van der Waals surface area contributed by atoms with Crippen LogP contribution >= 0.6 is 0 Å². The summed E-state index contributed by atoms with van der Waals surface area (Å²) in [6.07, 6.45) is 0. The van der Waals surface area contributed by atoms with Crippen LogP contribution in [-0.4, -0.2) is 15.0 Å². The quantitative estimate of drug-likeness (QED) is 0.180. The molecule has 266 valence electrons. The highest BCUT2D eigenvalue weighted by Crippen LogP contribution is 2.62. The molecule has 5 heteroatoms. The van der Waals surface area contributed by atoms with Crippen LogP contribution in [0.15, 0.2) is 192 Å². The molecule has 0 amide bonds. The Morgan fingerprint density at radius 2 is 0.825 bits per heavy atom. The van der Waals surface area contributed by atoms with Gasteiger partial charge in [-0.25, -0.2) is 15.0 Å². The molecular formula is C52H31N3O2. The predicted molar refractivity (Wildman–Crippen MR) is 226 cm³/mol. The highest BCUT2D eigenvalue weighted by atomic mass is 16.5. The Hall–Kier alpha value is -7.63. The SMILES string of the molecule is c1ccc(-c2nc(-c3ccccc3)nc(-c3cccc4c3oc3c(-c5ccc6c(c5)Oc5ccccc5C65c6ccccc6-c6ccccc65)cccc34)n2)cc1. The van der Waals surface area contributed by atoms with Crippen LogP contribution < -0.4 is 4.74 Å². The van der Waals surface area contributed by atoms with Gasteiger partial charge in [-0.05, 0) is 46.0 Å². The first kappa shape index (κ1) is 31.7. The van der Waals surface area contributed by atoms with E-state index in [0.717, 1.165) is 72.4 Å². The second-order valence-electron chi connectivity index (χ2n) is 14.7. The summed E-state index contributed by atoms with van der Waals surface area (Å²) in [5, 5.41) is 2.01. The fourth-order valence-electron chi connectivity index (χ4n) is 9.18. The number of fused-ring (bicyclic) bond motifs is 12. The van der Waals surface area contributed by atoms with Crippen LogP contribution in [0.4, 0.5) is 0 Å². The Labute approximate surface area is 328 Å². The maximum absolute atomic E-state index is 6.96. The Bertz CT molecular complexity index is 3120. The Balaban J connectivity index is 1.04. The summed E-state index contributed by atoms with van der Waals surface area (Å²) in [5.41, 5.74) is 13.0. The van der Waals surface area contributed by atoms with Crippen molar-refractivity contribution < 1.29 is 9.15 Å². The smallest absolute Gasteiger partial charge is 0.167 e. The Kier molecular flexibility index (Phi) is 6.78. The topological polar surface area (TPSA) is 61.0 Å². The number of para-hydroxylation sites is 3. The first-order chi connectivity index (χ1) is 28.3. The average Bonchev–Trinajstić information content (AvgIpc) is 3.81. The first-order valence-electron chi connectivity index (χ1n) is 19.2. The molecule has 0 saturated carbocycles. The third kappa shape index (κ3) is 4.60. The van der Waals surface area contributed by atoms with Crippen LogP contribution in [0.1, 0.15) is 22.3 Å². The van der Waals surface area contributed by atoms with Crippen molar-refractivity contribution >= 4 is 21.9 Å². The summed E-state index contributed by atoms with van der Waals surface area (Å²) >= 11 is 0. The summed E-state index contributed by atoms with van der Waals surface area (Å²) in [6, 6.07) is 65.4. The molecule has 0 atom stereocenters. The van der Waals surface area contributed by atoms with Gasteiger partial charge in [0, 0.05) is 38.6 Å². The number of hydrogen-bond donors (Lipinski definition) is 0. The minimum absolute atomic E-state index is 0.516. The zero-order chi connectivity index (χ0) is 37.5. The van der Waals surface area contributed by atoms with E-state index in [9.17, 15) is 0 Å². The van der Waals surface area contributed by atoms with Gasteiger partial charge in [0.2, 0.25) is 0 Å². The van der Waals surface area contributed by atoms with Crippen LogP contribution in [-0.2, 0) is 5.41 Å². The molecule has 1 aliphatic carbocycles. The summed E-state index contributed by atoms with van der Waals surface area (Å²) < 4.78 is 13.8. The normalized spacial score (nSPS) is 13.2. The van der Waals surface area contributed by atoms with Gasteiger partial charge in [-0.1, -0.05) is 170 Å². The van der Waals surface area contributed by atoms with Gasteiger partial charge >= 0.3 is 0 Å². The zero-order valence-corrected chi connectivity index (χ0v) is 30.6. The van der Waals surface area contributed by atoms with Gasteiger partial charge < -0.3 is 9.15 Å². The molecule has 1 spiro atoms. The minimum Gasteiger partial charge on any atom is -0.457 e. The molecule has 0 saturated heterocycles. The van der Waals surface area contributed by atoms with E-state index in [4.69, 9.17) is 24.1 Å². The van der Waals surface area contributed by atoms with Crippen LogP contribution in [0.25, 0.3) is 78.4 Å². The standard InChI is InChI=1S/C52H31N3O2/c1-3-15-32(16-4-1)49-53-50(33-17-5-2-6-18-33)55-51(54-49)40-24-14-23-39-38-22-13-21-35(47(38)57-48(39)40)34-29-30-44-46(31-34)56-45-28-12-11-27-43(45)52(44)41-25-9-7-19-36(41)37-20-8-10-26-42(37)52/h1-31H. The van der Waals surface area contributed by atoms with Gasteiger partial charge in [-0.15, -0.1) is 0 Å². The Morgan fingerprint density at radius 1 is 0.333 bits per heavy atom. The molecule has 3 heterocycles. The molecule has 2 aliphatic rings. The fraction of sp³-hybridized carbons (Fsp3) is 0.0192. The van der Waals surface area contributed by atoms with Crippen LogP contribution in [0.2, 0.25) is 0 Å². The van der Waals surface area contributed by atoms with Crippen molar-refractivity contribution in [3.63, 3.8) is 0 Å². The molecule has 1 aliphatic heterocycles. The van der Waals surface area contributed by atoms with Crippen LogP contribution in [0.3, 0.4) is 0 Å². The second-order valence-corrected chi connectivity index (χ2v) is 14.7. The molecule has 10 aromatic rings. The van der Waals surface area contributed by atoms with Gasteiger partial charge in [0.1, 0.15) is 22.7 Å². The monoisotopic (exact) mass is 729 g/mol. The van der Waals surface area contributed by atoms with Crippen LogP contribution in [0, 0.1) is 0 Å². The van der Waals surface area contributed by atoms with Crippen molar-refractivity contribution in [1.82, 2.24) is 15.0 Å². The second kappa shape index (κ2) is 12.2. The summed E-state index contributed by atoms with van der Waals surface area (Å²) in [6.45, 7) is 0. The van der Waals surface area contributed by atoms with Crippen molar-refractivity contribution in [1.29, 1.82) is 0 Å². The van der Waals surface area contributed by atoms with Gasteiger partial charge in [-0.2, -0.15) is 0 Å². The molecule has 0 unspecified atom stereocenters. The van der Waals surface area contributed by atoms with Gasteiger partial charge in [0.25, 0.3) is 0 Å². The van der Waals surface area contributed by atoms with E-state index in [1.165, 1.54) is 22.3 Å². The molecular weight excluding hydrogens is 699 g/mol. The van der Waals surface area contributed by atoms with Crippen LogP contribution in [0.5, 0.6) is 11.5 Å². The highest BCUT2D eigenvalue weighted by molar-refractivity contribution is 6.12. The number of benzene rings is 8. The molecule has 0 bridgehead atoms. The van der Waals surface area contributed by atoms with E-state index >= 15 is 0 Å². The zero-order valence-electron chi connectivity index (χ0n) is 30.6. The van der Waals surface area contributed by atoms with Gasteiger partial charge in [0.05, 0.1) is 11.0 Å². The third-order valence-corrected chi connectivity index (χ3v) is 11.6. The molecule has 0 radical (unpaired) electrons. The number of furan rings is 1. The van der Waals surface area contributed by atoms with Gasteiger partial charge in [0.15, 0.2) is 17.5 Å². The van der Waals surface area contributed by atoms with Crippen molar-refractivity contribution in [3.05, 3.63) is 210 Å².